The van der Waals surface area contributed by atoms with Crippen molar-refractivity contribution in [3.63, 3.8) is 0 Å². The van der Waals surface area contributed by atoms with Crippen LogP contribution >= 0.6 is 11.6 Å². The molecule has 2 rings (SSSR count). The van der Waals surface area contributed by atoms with Gasteiger partial charge in [0.2, 0.25) is 0 Å². The van der Waals surface area contributed by atoms with Crippen molar-refractivity contribution in [2.45, 2.75) is 19.0 Å². The molecule has 1 aromatic rings. The first kappa shape index (κ1) is 14.5. The zero-order valence-corrected chi connectivity index (χ0v) is 11.1. The minimum atomic E-state index is -4.42. The maximum absolute atomic E-state index is 12.7. The number of hydrogen-bond donors (Lipinski definition) is 2. The summed E-state index contributed by atoms with van der Waals surface area (Å²) in [7, 11) is 0. The maximum atomic E-state index is 12.7. The summed E-state index contributed by atoms with van der Waals surface area (Å²) in [6, 6.07) is 3.93. The van der Waals surface area contributed by atoms with Crippen molar-refractivity contribution < 1.29 is 13.2 Å². The highest BCUT2D eigenvalue weighted by molar-refractivity contribution is 6.31. The number of benzene rings is 1. The molecule has 6 heteroatoms. The van der Waals surface area contributed by atoms with Crippen molar-refractivity contribution >= 4 is 17.3 Å². The largest absolute Gasteiger partial charge is 0.417 e. The standard InChI is InChI=1S/C13H16ClF3N2/c14-12-4-3-10(6-11(12)13(15,16)17)19-8-9-2-1-5-18-7-9/h3-4,6,9,18-19H,1-2,5,7-8H2. The molecule has 1 saturated heterocycles. The Labute approximate surface area is 115 Å². The summed E-state index contributed by atoms with van der Waals surface area (Å²) in [5.41, 5.74) is -0.330. The topological polar surface area (TPSA) is 24.1 Å². The molecule has 106 valence electrons. The molecule has 1 fully saturated rings. The van der Waals surface area contributed by atoms with E-state index in [2.05, 4.69) is 10.6 Å². The van der Waals surface area contributed by atoms with Gasteiger partial charge in [-0.2, -0.15) is 13.2 Å². The van der Waals surface area contributed by atoms with E-state index >= 15 is 0 Å². The molecular weight excluding hydrogens is 277 g/mol. The van der Waals surface area contributed by atoms with Crippen LogP contribution < -0.4 is 10.6 Å². The van der Waals surface area contributed by atoms with Crippen LogP contribution in [0.1, 0.15) is 18.4 Å². The van der Waals surface area contributed by atoms with E-state index in [-0.39, 0.29) is 5.02 Å². The van der Waals surface area contributed by atoms with Gasteiger partial charge in [-0.15, -0.1) is 0 Å². The van der Waals surface area contributed by atoms with Crippen molar-refractivity contribution in [3.05, 3.63) is 28.8 Å². The molecule has 1 unspecified atom stereocenters. The molecule has 0 bridgehead atoms. The zero-order valence-electron chi connectivity index (χ0n) is 10.4. The Morgan fingerprint density at radius 3 is 2.79 bits per heavy atom. The minimum absolute atomic E-state index is 0.266. The van der Waals surface area contributed by atoms with E-state index in [1.54, 1.807) is 6.07 Å². The van der Waals surface area contributed by atoms with Gasteiger partial charge in [-0.25, -0.2) is 0 Å². The average Bonchev–Trinajstić information content (AvgIpc) is 2.37. The maximum Gasteiger partial charge on any atom is 0.417 e. The van der Waals surface area contributed by atoms with E-state index in [4.69, 9.17) is 11.6 Å². The monoisotopic (exact) mass is 292 g/mol. The summed E-state index contributed by atoms with van der Waals surface area (Å²) in [6.07, 6.45) is -2.21. The average molecular weight is 293 g/mol. The molecule has 19 heavy (non-hydrogen) atoms. The molecule has 1 atom stereocenters. The molecule has 1 aromatic carbocycles. The molecule has 1 aliphatic heterocycles. The number of nitrogens with one attached hydrogen (secondary N) is 2. The fourth-order valence-corrected chi connectivity index (χ4v) is 2.44. The van der Waals surface area contributed by atoms with Crippen molar-refractivity contribution in [3.8, 4) is 0 Å². The number of halogens is 4. The number of alkyl halides is 3. The van der Waals surface area contributed by atoms with Crippen LogP contribution in [0.25, 0.3) is 0 Å². The van der Waals surface area contributed by atoms with Crippen molar-refractivity contribution in [1.82, 2.24) is 5.32 Å². The Hall–Kier alpha value is -0.940. The predicted octanol–water partition coefficient (Wildman–Crippen LogP) is 3.77. The molecule has 0 saturated carbocycles. The first-order valence-corrected chi connectivity index (χ1v) is 6.66. The van der Waals surface area contributed by atoms with Crippen LogP contribution in [-0.4, -0.2) is 19.6 Å². The van der Waals surface area contributed by atoms with Crippen LogP contribution in [0.4, 0.5) is 18.9 Å². The van der Waals surface area contributed by atoms with Gasteiger partial charge in [0, 0.05) is 12.2 Å². The van der Waals surface area contributed by atoms with E-state index in [0.717, 1.165) is 32.0 Å². The second kappa shape index (κ2) is 6.01. The first-order chi connectivity index (χ1) is 8.97. The molecule has 0 spiro atoms. The van der Waals surface area contributed by atoms with Gasteiger partial charge in [0.1, 0.15) is 0 Å². The number of rotatable bonds is 3. The summed E-state index contributed by atoms with van der Waals surface area (Å²) in [5.74, 6) is 0.457. The second-order valence-corrected chi connectivity index (χ2v) is 5.19. The lowest BCUT2D eigenvalue weighted by atomic mass is 9.99. The minimum Gasteiger partial charge on any atom is -0.385 e. The van der Waals surface area contributed by atoms with Crippen LogP contribution in [0.5, 0.6) is 0 Å². The number of piperidine rings is 1. The number of anilines is 1. The Balaban J connectivity index is 2.00. The molecular formula is C13H16ClF3N2. The van der Waals surface area contributed by atoms with Gasteiger partial charge in [-0.1, -0.05) is 11.6 Å². The molecule has 1 heterocycles. The van der Waals surface area contributed by atoms with E-state index < -0.39 is 11.7 Å². The van der Waals surface area contributed by atoms with Crippen LogP contribution in [0.15, 0.2) is 18.2 Å². The van der Waals surface area contributed by atoms with Crippen LogP contribution in [-0.2, 0) is 6.18 Å². The van der Waals surface area contributed by atoms with Crippen molar-refractivity contribution in [2.75, 3.05) is 25.0 Å². The van der Waals surface area contributed by atoms with Gasteiger partial charge in [0.25, 0.3) is 0 Å². The van der Waals surface area contributed by atoms with Gasteiger partial charge in [0.05, 0.1) is 10.6 Å². The highest BCUT2D eigenvalue weighted by atomic mass is 35.5. The third-order valence-electron chi connectivity index (χ3n) is 3.27. The lowest BCUT2D eigenvalue weighted by Gasteiger charge is -2.23. The van der Waals surface area contributed by atoms with Crippen molar-refractivity contribution in [1.29, 1.82) is 0 Å². The Bertz CT molecular complexity index is 428. The summed E-state index contributed by atoms with van der Waals surface area (Å²) >= 11 is 5.57. The molecule has 2 nitrogen and oxygen atoms in total. The Kier molecular flexibility index (Phi) is 4.58. The molecule has 0 radical (unpaired) electrons. The van der Waals surface area contributed by atoms with Gasteiger partial charge in [0.15, 0.2) is 0 Å². The molecule has 0 amide bonds. The lowest BCUT2D eigenvalue weighted by molar-refractivity contribution is -0.137. The predicted molar refractivity (Wildman–Crippen MR) is 70.5 cm³/mol. The molecule has 0 aromatic heterocycles. The normalized spacial score (nSPS) is 20.3. The fourth-order valence-electron chi connectivity index (χ4n) is 2.21. The summed E-state index contributed by atoms with van der Waals surface area (Å²) in [6.45, 7) is 2.61. The quantitative estimate of drug-likeness (QED) is 0.886. The highest BCUT2D eigenvalue weighted by Crippen LogP contribution is 2.36. The van der Waals surface area contributed by atoms with Crippen LogP contribution in [0.3, 0.4) is 0 Å². The fraction of sp³-hybridized carbons (Fsp3) is 0.538. The lowest BCUT2D eigenvalue weighted by Crippen LogP contribution is -2.33. The Morgan fingerprint density at radius 2 is 2.16 bits per heavy atom. The third-order valence-corrected chi connectivity index (χ3v) is 3.60. The first-order valence-electron chi connectivity index (χ1n) is 6.28. The van der Waals surface area contributed by atoms with Crippen molar-refractivity contribution in [2.24, 2.45) is 5.92 Å². The smallest absolute Gasteiger partial charge is 0.385 e. The van der Waals surface area contributed by atoms with E-state index in [9.17, 15) is 13.2 Å². The molecule has 2 N–H and O–H groups in total. The molecule has 0 aliphatic carbocycles. The van der Waals surface area contributed by atoms with Gasteiger partial charge in [-0.3, -0.25) is 0 Å². The summed E-state index contributed by atoms with van der Waals surface area (Å²) < 4.78 is 38.1. The second-order valence-electron chi connectivity index (χ2n) is 4.79. The van der Waals surface area contributed by atoms with E-state index in [1.165, 1.54) is 6.07 Å². The van der Waals surface area contributed by atoms with E-state index in [0.29, 0.717) is 18.2 Å². The molecule has 1 aliphatic rings. The Morgan fingerprint density at radius 1 is 1.37 bits per heavy atom. The SMILES string of the molecule is FC(F)(F)c1cc(NCC2CCCNC2)ccc1Cl. The zero-order chi connectivity index (χ0) is 13.9. The van der Waals surface area contributed by atoms with Gasteiger partial charge >= 0.3 is 6.18 Å². The van der Waals surface area contributed by atoms with Crippen LogP contribution in [0.2, 0.25) is 5.02 Å². The van der Waals surface area contributed by atoms with Gasteiger partial charge < -0.3 is 10.6 Å². The third kappa shape index (κ3) is 4.01. The summed E-state index contributed by atoms with van der Waals surface area (Å²) in [4.78, 5) is 0. The highest BCUT2D eigenvalue weighted by Gasteiger charge is 2.33. The number of hydrogen-bond acceptors (Lipinski definition) is 2. The van der Waals surface area contributed by atoms with Gasteiger partial charge in [-0.05, 0) is 50.0 Å². The van der Waals surface area contributed by atoms with Crippen LogP contribution in [0, 0.1) is 5.92 Å². The summed E-state index contributed by atoms with van der Waals surface area (Å²) in [5, 5.41) is 6.06. The van der Waals surface area contributed by atoms with E-state index in [1.807, 2.05) is 0 Å².